The third-order valence-electron chi connectivity index (χ3n) is 2.88. The van der Waals surface area contributed by atoms with Gasteiger partial charge >= 0.3 is 0 Å². The Morgan fingerprint density at radius 3 is 2.65 bits per heavy atom. The summed E-state index contributed by atoms with van der Waals surface area (Å²) in [5.74, 6) is 0.174. The van der Waals surface area contributed by atoms with E-state index in [2.05, 4.69) is 0 Å². The van der Waals surface area contributed by atoms with Crippen molar-refractivity contribution in [2.24, 2.45) is 0 Å². The highest BCUT2D eigenvalue weighted by molar-refractivity contribution is 5.36. The second-order valence-corrected chi connectivity index (χ2v) is 4.55. The predicted octanol–water partition coefficient (Wildman–Crippen LogP) is 3.82. The summed E-state index contributed by atoms with van der Waals surface area (Å²) in [4.78, 5) is 0. The van der Waals surface area contributed by atoms with Crippen molar-refractivity contribution in [2.45, 2.75) is 19.6 Å². The van der Waals surface area contributed by atoms with Gasteiger partial charge in [-0.05, 0) is 42.3 Å². The van der Waals surface area contributed by atoms with E-state index < -0.39 is 11.9 Å². The van der Waals surface area contributed by atoms with Crippen LogP contribution in [0.4, 0.5) is 4.39 Å². The fourth-order valence-electron chi connectivity index (χ4n) is 1.85. The second kappa shape index (κ2) is 6.50. The largest absolute Gasteiger partial charge is 0.454 e. The molecule has 106 valence electrons. The number of benzene rings is 2. The van der Waals surface area contributed by atoms with Gasteiger partial charge in [0.1, 0.15) is 5.75 Å². The molecule has 0 spiro atoms. The van der Waals surface area contributed by atoms with E-state index in [1.807, 2.05) is 12.1 Å². The van der Waals surface area contributed by atoms with E-state index >= 15 is 0 Å². The van der Waals surface area contributed by atoms with E-state index in [1.165, 1.54) is 12.1 Å². The minimum absolute atomic E-state index is 0.129. The fourth-order valence-corrected chi connectivity index (χ4v) is 1.85. The summed E-state index contributed by atoms with van der Waals surface area (Å²) in [7, 11) is 1.61. The lowest BCUT2D eigenvalue weighted by molar-refractivity contribution is 0.184. The van der Waals surface area contributed by atoms with Crippen molar-refractivity contribution in [1.82, 2.24) is 0 Å². The van der Waals surface area contributed by atoms with Crippen molar-refractivity contribution in [3.63, 3.8) is 0 Å². The third-order valence-corrected chi connectivity index (χ3v) is 2.88. The average Bonchev–Trinajstić information content (AvgIpc) is 2.42. The summed E-state index contributed by atoms with van der Waals surface area (Å²) in [6, 6.07) is 11.7. The van der Waals surface area contributed by atoms with E-state index in [-0.39, 0.29) is 5.75 Å². The molecule has 0 unspecified atom stereocenters. The molecule has 0 bridgehead atoms. The molecule has 0 aliphatic rings. The van der Waals surface area contributed by atoms with Gasteiger partial charge in [-0.25, -0.2) is 4.39 Å². The number of ether oxygens (including phenoxy) is 2. The van der Waals surface area contributed by atoms with E-state index in [0.29, 0.717) is 17.9 Å². The van der Waals surface area contributed by atoms with E-state index in [1.54, 1.807) is 32.2 Å². The highest BCUT2D eigenvalue weighted by Gasteiger charge is 2.09. The van der Waals surface area contributed by atoms with Gasteiger partial charge in [-0.1, -0.05) is 18.2 Å². The van der Waals surface area contributed by atoms with Crippen LogP contribution >= 0.6 is 0 Å². The Bertz CT molecular complexity index is 582. The summed E-state index contributed by atoms with van der Waals surface area (Å²) in [6.07, 6.45) is -0.705. The molecule has 3 nitrogen and oxygen atoms in total. The van der Waals surface area contributed by atoms with Crippen molar-refractivity contribution in [2.75, 3.05) is 7.11 Å². The number of aliphatic hydroxyl groups excluding tert-OH is 1. The molecular weight excluding hydrogens is 259 g/mol. The second-order valence-electron chi connectivity index (χ2n) is 4.55. The monoisotopic (exact) mass is 276 g/mol. The molecule has 2 rings (SSSR count). The molecule has 4 heteroatoms. The predicted molar refractivity (Wildman–Crippen MR) is 74.3 cm³/mol. The fraction of sp³-hybridized carbons (Fsp3) is 0.250. The molecule has 0 aromatic heterocycles. The zero-order valence-corrected chi connectivity index (χ0v) is 11.5. The SMILES string of the molecule is COCc1cccc(Oc2ccc([C@H](C)O)cc2F)c1. The Morgan fingerprint density at radius 1 is 1.20 bits per heavy atom. The Hall–Kier alpha value is -1.91. The lowest BCUT2D eigenvalue weighted by atomic mass is 10.1. The van der Waals surface area contributed by atoms with Crippen LogP contribution in [0.5, 0.6) is 11.5 Å². The van der Waals surface area contributed by atoms with Crippen LogP contribution in [0, 0.1) is 5.82 Å². The van der Waals surface area contributed by atoms with Crippen LogP contribution in [-0.2, 0) is 11.3 Å². The van der Waals surface area contributed by atoms with Crippen molar-refractivity contribution in [3.05, 3.63) is 59.4 Å². The topological polar surface area (TPSA) is 38.7 Å². The molecule has 0 radical (unpaired) electrons. The highest BCUT2D eigenvalue weighted by atomic mass is 19.1. The van der Waals surface area contributed by atoms with Crippen LogP contribution in [0.3, 0.4) is 0 Å². The maximum Gasteiger partial charge on any atom is 0.166 e. The quantitative estimate of drug-likeness (QED) is 0.902. The van der Waals surface area contributed by atoms with Crippen LogP contribution < -0.4 is 4.74 Å². The van der Waals surface area contributed by atoms with Gasteiger partial charge in [-0.3, -0.25) is 0 Å². The van der Waals surface area contributed by atoms with Gasteiger partial charge in [0.2, 0.25) is 0 Å². The van der Waals surface area contributed by atoms with Crippen LogP contribution in [0.2, 0.25) is 0 Å². The summed E-state index contributed by atoms with van der Waals surface area (Å²) in [6.45, 7) is 2.06. The van der Waals surface area contributed by atoms with Gasteiger partial charge in [-0.15, -0.1) is 0 Å². The minimum atomic E-state index is -0.705. The summed E-state index contributed by atoms with van der Waals surface area (Å²) < 4.78 is 24.4. The average molecular weight is 276 g/mol. The normalized spacial score (nSPS) is 12.2. The first kappa shape index (κ1) is 14.5. The zero-order chi connectivity index (χ0) is 14.5. The molecule has 0 amide bonds. The lowest BCUT2D eigenvalue weighted by Gasteiger charge is -2.10. The molecule has 1 N–H and O–H groups in total. The van der Waals surface area contributed by atoms with Crippen molar-refractivity contribution in [3.8, 4) is 11.5 Å². The summed E-state index contributed by atoms with van der Waals surface area (Å²) in [5, 5.41) is 9.40. The van der Waals surface area contributed by atoms with Gasteiger partial charge < -0.3 is 14.6 Å². The number of rotatable bonds is 5. The first-order valence-corrected chi connectivity index (χ1v) is 6.33. The Kier molecular flexibility index (Phi) is 4.71. The van der Waals surface area contributed by atoms with Gasteiger partial charge in [-0.2, -0.15) is 0 Å². The number of hydrogen-bond donors (Lipinski definition) is 1. The molecule has 0 aliphatic heterocycles. The Labute approximate surface area is 117 Å². The highest BCUT2D eigenvalue weighted by Crippen LogP contribution is 2.27. The standard InChI is InChI=1S/C16H17FO3/c1-11(18)13-6-7-16(15(17)9-13)20-14-5-3-4-12(8-14)10-19-2/h3-9,11,18H,10H2,1-2H3/t11-/m0/s1. The molecule has 2 aromatic carbocycles. The first-order chi connectivity index (χ1) is 9.60. The summed E-state index contributed by atoms with van der Waals surface area (Å²) in [5.41, 5.74) is 1.47. The minimum Gasteiger partial charge on any atom is -0.454 e. The Morgan fingerprint density at radius 2 is 2.00 bits per heavy atom. The van der Waals surface area contributed by atoms with Crippen LogP contribution in [0.15, 0.2) is 42.5 Å². The Balaban J connectivity index is 2.19. The number of hydrogen-bond acceptors (Lipinski definition) is 3. The molecule has 0 saturated carbocycles. The maximum atomic E-state index is 13.9. The van der Waals surface area contributed by atoms with Gasteiger partial charge in [0.25, 0.3) is 0 Å². The van der Waals surface area contributed by atoms with Gasteiger partial charge in [0.15, 0.2) is 11.6 Å². The van der Waals surface area contributed by atoms with Crippen molar-refractivity contribution < 1.29 is 19.0 Å². The van der Waals surface area contributed by atoms with E-state index in [4.69, 9.17) is 9.47 Å². The number of halogens is 1. The molecule has 0 fully saturated rings. The van der Waals surface area contributed by atoms with Crippen LogP contribution in [0.25, 0.3) is 0 Å². The molecule has 2 aromatic rings. The smallest absolute Gasteiger partial charge is 0.166 e. The molecule has 0 heterocycles. The molecular formula is C16H17FO3. The van der Waals surface area contributed by atoms with E-state index in [9.17, 15) is 9.50 Å². The third kappa shape index (κ3) is 3.56. The van der Waals surface area contributed by atoms with Crippen molar-refractivity contribution in [1.29, 1.82) is 0 Å². The van der Waals surface area contributed by atoms with Gasteiger partial charge in [0, 0.05) is 7.11 Å². The molecule has 0 aliphatic carbocycles. The molecule has 20 heavy (non-hydrogen) atoms. The first-order valence-electron chi connectivity index (χ1n) is 6.33. The van der Waals surface area contributed by atoms with E-state index in [0.717, 1.165) is 5.56 Å². The van der Waals surface area contributed by atoms with Gasteiger partial charge in [0.05, 0.1) is 12.7 Å². The molecule has 1 atom stereocenters. The van der Waals surface area contributed by atoms with Crippen LogP contribution in [0.1, 0.15) is 24.2 Å². The van der Waals surface area contributed by atoms with Crippen molar-refractivity contribution >= 4 is 0 Å². The molecule has 0 saturated heterocycles. The number of aliphatic hydroxyl groups is 1. The zero-order valence-electron chi connectivity index (χ0n) is 11.5. The maximum absolute atomic E-state index is 13.9. The lowest BCUT2D eigenvalue weighted by Crippen LogP contribution is -1.95. The summed E-state index contributed by atoms with van der Waals surface area (Å²) >= 11 is 0. The number of methoxy groups -OCH3 is 1. The van der Waals surface area contributed by atoms with Crippen LogP contribution in [-0.4, -0.2) is 12.2 Å².